The summed E-state index contributed by atoms with van der Waals surface area (Å²) in [4.78, 5) is 8.65. The van der Waals surface area contributed by atoms with Crippen LogP contribution in [0.2, 0.25) is 0 Å². The van der Waals surface area contributed by atoms with Gasteiger partial charge in [-0.15, -0.1) is 0 Å². The van der Waals surface area contributed by atoms with Gasteiger partial charge in [0, 0.05) is 52.6 Å². The summed E-state index contributed by atoms with van der Waals surface area (Å²) < 4.78 is 0. The molecule has 0 bridgehead atoms. The van der Waals surface area contributed by atoms with Crippen LogP contribution in [0.5, 0.6) is 0 Å². The number of nitriles is 1. The van der Waals surface area contributed by atoms with Crippen molar-refractivity contribution in [3.05, 3.63) is 17.2 Å². The number of aliphatic hydroxyl groups excluding tert-OH is 4. The maximum Gasteiger partial charge on any atom is 0.149 e. The highest BCUT2D eigenvalue weighted by Crippen LogP contribution is 2.27. The number of pyridine rings is 1. The first kappa shape index (κ1) is 23.1. The quantitative estimate of drug-likeness (QED) is 0.366. The highest BCUT2D eigenvalue weighted by atomic mass is 16.3. The van der Waals surface area contributed by atoms with Crippen LogP contribution in [0.15, 0.2) is 6.07 Å². The minimum absolute atomic E-state index is 0.0370. The molecule has 1 aromatic heterocycles. The molecule has 8 nitrogen and oxygen atoms in total. The predicted octanol–water partition coefficient (Wildman–Crippen LogP) is 0.404. The first-order valence-corrected chi connectivity index (χ1v) is 9.48. The van der Waals surface area contributed by atoms with Crippen molar-refractivity contribution in [2.24, 2.45) is 0 Å². The van der Waals surface area contributed by atoms with Gasteiger partial charge in [-0.3, -0.25) is 0 Å². The van der Waals surface area contributed by atoms with Gasteiger partial charge in [0.15, 0.2) is 0 Å². The van der Waals surface area contributed by atoms with Gasteiger partial charge in [-0.1, -0.05) is 0 Å². The van der Waals surface area contributed by atoms with Crippen LogP contribution in [0.4, 0.5) is 11.6 Å². The average Bonchev–Trinajstić information content (AvgIpc) is 2.67. The van der Waals surface area contributed by atoms with Gasteiger partial charge >= 0.3 is 0 Å². The highest BCUT2D eigenvalue weighted by Gasteiger charge is 2.19. The second-order valence-electron chi connectivity index (χ2n) is 6.39. The van der Waals surface area contributed by atoms with E-state index < -0.39 is 0 Å². The third-order valence-corrected chi connectivity index (χ3v) is 4.26. The van der Waals surface area contributed by atoms with E-state index in [1.807, 2.05) is 22.8 Å². The fraction of sp³-hybridized carbons (Fsp3) is 0.684. The lowest BCUT2D eigenvalue weighted by Crippen LogP contribution is -2.31. The van der Waals surface area contributed by atoms with Gasteiger partial charge < -0.3 is 30.2 Å². The highest BCUT2D eigenvalue weighted by molar-refractivity contribution is 5.62. The molecule has 152 valence electrons. The molecule has 0 atom stereocenters. The molecule has 27 heavy (non-hydrogen) atoms. The maximum absolute atomic E-state index is 9.62. The number of aromatic nitrogens is 1. The summed E-state index contributed by atoms with van der Waals surface area (Å²) >= 11 is 0. The van der Waals surface area contributed by atoms with Crippen molar-refractivity contribution >= 4 is 11.6 Å². The summed E-state index contributed by atoms with van der Waals surface area (Å²) in [6.45, 7) is 4.34. The van der Waals surface area contributed by atoms with Crippen LogP contribution in [0, 0.1) is 18.3 Å². The Balaban J connectivity index is 3.28. The summed E-state index contributed by atoms with van der Waals surface area (Å²) in [5.41, 5.74) is 1.28. The van der Waals surface area contributed by atoms with E-state index >= 15 is 0 Å². The molecule has 0 saturated carbocycles. The molecule has 0 saturated heterocycles. The molecule has 0 aliphatic carbocycles. The van der Waals surface area contributed by atoms with E-state index in [1.54, 1.807) is 0 Å². The fourth-order valence-electron chi connectivity index (χ4n) is 2.88. The van der Waals surface area contributed by atoms with Crippen LogP contribution in [0.1, 0.15) is 36.8 Å². The van der Waals surface area contributed by atoms with E-state index in [-0.39, 0.29) is 26.4 Å². The van der Waals surface area contributed by atoms with Crippen molar-refractivity contribution in [1.29, 1.82) is 5.26 Å². The van der Waals surface area contributed by atoms with Crippen molar-refractivity contribution in [2.75, 3.05) is 62.4 Å². The van der Waals surface area contributed by atoms with Crippen molar-refractivity contribution in [3.63, 3.8) is 0 Å². The lowest BCUT2D eigenvalue weighted by molar-refractivity contribution is 0.281. The zero-order chi connectivity index (χ0) is 20.1. The third-order valence-electron chi connectivity index (χ3n) is 4.26. The smallest absolute Gasteiger partial charge is 0.149 e. The molecule has 0 aliphatic rings. The number of hydrogen-bond acceptors (Lipinski definition) is 8. The minimum atomic E-state index is 0.0370. The van der Waals surface area contributed by atoms with Gasteiger partial charge in [0.2, 0.25) is 0 Å². The lowest BCUT2D eigenvalue weighted by atomic mass is 10.1. The van der Waals surface area contributed by atoms with Crippen LogP contribution in [-0.4, -0.2) is 78.0 Å². The fourth-order valence-corrected chi connectivity index (χ4v) is 2.88. The second kappa shape index (κ2) is 13.3. The number of nitrogens with zero attached hydrogens (tertiary/aromatic N) is 4. The molecule has 8 heteroatoms. The molecule has 0 radical (unpaired) electrons. The number of hydrogen-bond donors (Lipinski definition) is 4. The Kier molecular flexibility index (Phi) is 11.4. The second-order valence-corrected chi connectivity index (χ2v) is 6.39. The average molecular weight is 380 g/mol. The molecular formula is C19H32N4O4. The molecule has 0 aromatic carbocycles. The van der Waals surface area contributed by atoms with Crippen LogP contribution >= 0.6 is 0 Å². The first-order valence-electron chi connectivity index (χ1n) is 9.48. The van der Waals surface area contributed by atoms with Gasteiger partial charge in [-0.2, -0.15) is 5.26 Å². The van der Waals surface area contributed by atoms with Crippen molar-refractivity contribution in [2.45, 2.75) is 32.6 Å². The molecule has 0 fully saturated rings. The number of aliphatic hydroxyl groups is 4. The van der Waals surface area contributed by atoms with E-state index in [9.17, 15) is 15.5 Å². The summed E-state index contributed by atoms with van der Waals surface area (Å²) in [6.07, 6.45) is 2.25. The summed E-state index contributed by atoms with van der Waals surface area (Å²) in [7, 11) is 0. The Labute approximate surface area is 161 Å². The van der Waals surface area contributed by atoms with E-state index in [0.29, 0.717) is 69.1 Å². The molecule has 0 aliphatic heterocycles. The van der Waals surface area contributed by atoms with E-state index in [1.165, 1.54) is 0 Å². The van der Waals surface area contributed by atoms with Crippen LogP contribution in [0.25, 0.3) is 0 Å². The maximum atomic E-state index is 9.62. The minimum Gasteiger partial charge on any atom is -0.396 e. The van der Waals surface area contributed by atoms with Gasteiger partial charge in [-0.25, -0.2) is 4.98 Å². The summed E-state index contributed by atoms with van der Waals surface area (Å²) in [5.74, 6) is 1.24. The van der Waals surface area contributed by atoms with Crippen LogP contribution < -0.4 is 9.80 Å². The van der Waals surface area contributed by atoms with E-state index in [0.717, 1.165) is 5.56 Å². The van der Waals surface area contributed by atoms with Crippen molar-refractivity contribution in [1.82, 2.24) is 4.98 Å². The van der Waals surface area contributed by atoms with Gasteiger partial charge in [-0.05, 0) is 44.2 Å². The normalized spacial score (nSPS) is 10.7. The predicted molar refractivity (Wildman–Crippen MR) is 105 cm³/mol. The third kappa shape index (κ3) is 7.31. The molecule has 1 heterocycles. The molecule has 1 rings (SSSR count). The van der Waals surface area contributed by atoms with E-state index in [2.05, 4.69) is 6.07 Å². The molecule has 4 N–H and O–H groups in total. The molecule has 0 amide bonds. The zero-order valence-electron chi connectivity index (χ0n) is 16.1. The Morgan fingerprint density at radius 2 is 1.30 bits per heavy atom. The van der Waals surface area contributed by atoms with Crippen molar-refractivity contribution < 1.29 is 20.4 Å². The van der Waals surface area contributed by atoms with Gasteiger partial charge in [0.1, 0.15) is 17.7 Å². The monoisotopic (exact) mass is 380 g/mol. The van der Waals surface area contributed by atoms with Crippen LogP contribution in [-0.2, 0) is 0 Å². The Morgan fingerprint density at radius 3 is 1.70 bits per heavy atom. The summed E-state index contributed by atoms with van der Waals surface area (Å²) in [5, 5.41) is 46.3. The lowest BCUT2D eigenvalue weighted by Gasteiger charge is -2.29. The molecular weight excluding hydrogens is 348 g/mol. The Morgan fingerprint density at radius 1 is 0.852 bits per heavy atom. The topological polar surface area (TPSA) is 124 Å². The number of aryl methyl sites for hydroxylation is 1. The van der Waals surface area contributed by atoms with E-state index in [4.69, 9.17) is 15.2 Å². The SMILES string of the molecule is Cc1cc(N(CCCO)CCCO)nc(N(CCCO)CCCO)c1C#N. The van der Waals surface area contributed by atoms with Gasteiger partial charge in [0.25, 0.3) is 0 Å². The molecule has 0 spiro atoms. The van der Waals surface area contributed by atoms with Crippen molar-refractivity contribution in [3.8, 4) is 6.07 Å². The number of anilines is 2. The Bertz CT molecular complexity index is 576. The summed E-state index contributed by atoms with van der Waals surface area (Å²) in [6, 6.07) is 4.08. The first-order chi connectivity index (χ1) is 13.1. The molecule has 1 aromatic rings. The standard InChI is InChI=1S/C19H32N4O4/c1-16-14-18(22(6-2-10-24)7-3-11-25)21-19(17(16)15-20)23(8-4-12-26)9-5-13-27/h14,24-27H,2-13H2,1H3. The molecule has 0 unspecified atom stereocenters. The van der Waals surface area contributed by atoms with Crippen LogP contribution in [0.3, 0.4) is 0 Å². The zero-order valence-corrected chi connectivity index (χ0v) is 16.1. The van der Waals surface area contributed by atoms with Gasteiger partial charge in [0.05, 0.1) is 5.56 Å². The largest absolute Gasteiger partial charge is 0.396 e. The number of rotatable bonds is 14. The Hall–Kier alpha value is -1.92.